The van der Waals surface area contributed by atoms with Crippen LogP contribution in [0.3, 0.4) is 0 Å². The van der Waals surface area contributed by atoms with Gasteiger partial charge in [-0.15, -0.1) is 0 Å². The lowest BCUT2D eigenvalue weighted by molar-refractivity contribution is 0.624. The van der Waals surface area contributed by atoms with Gasteiger partial charge in [-0.2, -0.15) is 15.8 Å². The normalized spacial score (nSPS) is 12.0. The fourth-order valence-corrected chi connectivity index (χ4v) is 4.37. The highest BCUT2D eigenvalue weighted by Crippen LogP contribution is 2.52. The number of hydrogen-bond acceptors (Lipinski definition) is 7. The number of rotatable bonds is 1. The Morgan fingerprint density at radius 2 is 1.62 bits per heavy atom. The number of thioether (sulfide) groups is 2. The minimum Gasteiger partial charge on any atom is -0.224 e. The Kier molecular flexibility index (Phi) is 4.42. The number of nitriles is 3. The Balaban J connectivity index is 2.12. The first-order valence-electron chi connectivity index (χ1n) is 6.25. The predicted molar refractivity (Wildman–Crippen MR) is 87.1 cm³/mol. The van der Waals surface area contributed by atoms with Crippen LogP contribution in [0.4, 0.5) is 4.39 Å². The Labute approximate surface area is 149 Å². The molecule has 1 aromatic carbocycles. The van der Waals surface area contributed by atoms with Gasteiger partial charge in [0.15, 0.2) is 11.4 Å². The number of aromatic nitrogens is 2. The molecule has 0 radical (unpaired) electrons. The summed E-state index contributed by atoms with van der Waals surface area (Å²) in [5.74, 6) is -0.572. The van der Waals surface area contributed by atoms with E-state index in [2.05, 4.69) is 9.97 Å². The second-order valence-electron chi connectivity index (χ2n) is 4.36. The maximum absolute atomic E-state index is 14.0. The molecule has 1 aliphatic rings. The third-order valence-corrected chi connectivity index (χ3v) is 5.54. The molecule has 114 valence electrons. The van der Waals surface area contributed by atoms with Crippen LogP contribution in [0.25, 0.3) is 5.57 Å². The van der Waals surface area contributed by atoms with Gasteiger partial charge in [-0.3, -0.25) is 0 Å². The Bertz CT molecular complexity index is 985. The van der Waals surface area contributed by atoms with Crippen LogP contribution in [0.5, 0.6) is 0 Å². The van der Waals surface area contributed by atoms with Gasteiger partial charge in [-0.25, -0.2) is 14.4 Å². The molecule has 5 nitrogen and oxygen atoms in total. The van der Waals surface area contributed by atoms with Crippen molar-refractivity contribution in [2.24, 2.45) is 0 Å². The molecule has 0 amide bonds. The van der Waals surface area contributed by atoms with Crippen LogP contribution in [0, 0.1) is 39.8 Å². The number of allylic oxidation sites excluding steroid dienone is 1. The summed E-state index contributed by atoms with van der Waals surface area (Å²) in [6.07, 6.45) is 0. The van der Waals surface area contributed by atoms with Gasteiger partial charge in [0.2, 0.25) is 0 Å². The maximum Gasteiger partial charge on any atom is 0.178 e. The summed E-state index contributed by atoms with van der Waals surface area (Å²) in [6.45, 7) is 0. The Hall–Kier alpha value is -2.57. The summed E-state index contributed by atoms with van der Waals surface area (Å²) in [5, 5.41) is 28.6. The molecule has 1 aromatic heterocycles. The monoisotopic (exact) mass is 371 g/mol. The zero-order chi connectivity index (χ0) is 17.3. The van der Waals surface area contributed by atoms with Crippen molar-refractivity contribution in [3.63, 3.8) is 0 Å². The van der Waals surface area contributed by atoms with Gasteiger partial charge in [0.1, 0.15) is 34.1 Å². The standard InChI is InChI=1S/C15H3ClFN5S2/c16-7-1-2-10(17)8(3-7)9(4-18)15-23-13-14(24-15)22-12(6-20)11(5-19)21-13/h1-3H. The minimum absolute atomic E-state index is 0.0776. The van der Waals surface area contributed by atoms with Crippen molar-refractivity contribution in [3.8, 4) is 18.2 Å². The first-order valence-corrected chi connectivity index (χ1v) is 8.26. The Morgan fingerprint density at radius 3 is 2.12 bits per heavy atom. The zero-order valence-corrected chi connectivity index (χ0v) is 13.9. The van der Waals surface area contributed by atoms with E-state index in [0.717, 1.165) is 23.5 Å². The van der Waals surface area contributed by atoms with Crippen LogP contribution in [0.2, 0.25) is 5.02 Å². The largest absolute Gasteiger partial charge is 0.224 e. The van der Waals surface area contributed by atoms with Crippen molar-refractivity contribution >= 4 is 40.7 Å². The molecule has 1 aliphatic heterocycles. The van der Waals surface area contributed by atoms with Crippen molar-refractivity contribution in [2.75, 3.05) is 0 Å². The molecule has 3 rings (SSSR count). The lowest BCUT2D eigenvalue weighted by Crippen LogP contribution is -1.96. The number of hydrogen-bond donors (Lipinski definition) is 0. The molecule has 0 bridgehead atoms. The third kappa shape index (κ3) is 2.81. The van der Waals surface area contributed by atoms with E-state index in [0.29, 0.717) is 19.3 Å². The molecule has 2 heterocycles. The first-order chi connectivity index (χ1) is 11.6. The lowest BCUT2D eigenvalue weighted by atomic mass is 10.1. The van der Waals surface area contributed by atoms with Gasteiger partial charge < -0.3 is 0 Å². The molecule has 0 atom stereocenters. The molecule has 0 spiro atoms. The van der Waals surface area contributed by atoms with Crippen LogP contribution in [0.1, 0.15) is 17.0 Å². The highest BCUT2D eigenvalue weighted by atomic mass is 35.5. The van der Waals surface area contributed by atoms with E-state index >= 15 is 0 Å². The third-order valence-electron chi connectivity index (χ3n) is 2.94. The van der Waals surface area contributed by atoms with Crippen LogP contribution < -0.4 is 0 Å². The van der Waals surface area contributed by atoms with Crippen molar-refractivity contribution < 1.29 is 4.39 Å². The molecule has 9 heteroatoms. The van der Waals surface area contributed by atoms with E-state index in [9.17, 15) is 9.65 Å². The van der Waals surface area contributed by atoms with Gasteiger partial charge in [0.25, 0.3) is 0 Å². The molecule has 0 N–H and O–H groups in total. The van der Waals surface area contributed by atoms with E-state index < -0.39 is 5.82 Å². The van der Waals surface area contributed by atoms with E-state index in [-0.39, 0.29) is 22.5 Å². The van der Waals surface area contributed by atoms with E-state index in [1.54, 1.807) is 12.1 Å². The smallest absolute Gasteiger partial charge is 0.178 e. The van der Waals surface area contributed by atoms with Crippen LogP contribution in [0.15, 0.2) is 32.5 Å². The average molecular weight is 372 g/mol. The fraction of sp³-hybridized carbons (Fsp3) is 0. The Morgan fingerprint density at radius 1 is 1.04 bits per heavy atom. The molecular formula is C15H3ClFN5S2. The fourth-order valence-electron chi connectivity index (χ4n) is 1.90. The quantitative estimate of drug-likeness (QED) is 0.696. The first kappa shape index (κ1) is 16.3. The van der Waals surface area contributed by atoms with Crippen LogP contribution in [-0.2, 0) is 0 Å². The van der Waals surface area contributed by atoms with Crippen molar-refractivity contribution in [1.29, 1.82) is 15.8 Å². The van der Waals surface area contributed by atoms with Gasteiger partial charge in [0, 0.05) is 10.6 Å². The summed E-state index contributed by atoms with van der Waals surface area (Å²) in [7, 11) is 0. The number of benzene rings is 1. The molecule has 2 aromatic rings. The number of halogens is 2. The topological polar surface area (TPSA) is 97.1 Å². The highest BCUT2D eigenvalue weighted by Gasteiger charge is 2.27. The molecular weight excluding hydrogens is 369 g/mol. The predicted octanol–water partition coefficient (Wildman–Crippen LogP) is 4.10. The van der Waals surface area contributed by atoms with Crippen molar-refractivity contribution in [2.45, 2.75) is 10.1 Å². The van der Waals surface area contributed by atoms with E-state index in [1.807, 2.05) is 6.07 Å². The van der Waals surface area contributed by atoms with Gasteiger partial charge in [-0.05, 0) is 18.2 Å². The van der Waals surface area contributed by atoms with Crippen molar-refractivity contribution in [1.82, 2.24) is 9.97 Å². The molecule has 0 saturated heterocycles. The van der Waals surface area contributed by atoms with E-state index in [4.69, 9.17) is 22.1 Å². The number of nitrogens with zero attached hydrogens (tertiary/aromatic N) is 5. The molecule has 24 heavy (non-hydrogen) atoms. The zero-order valence-electron chi connectivity index (χ0n) is 11.5. The molecule has 0 aliphatic carbocycles. The molecule has 0 fully saturated rings. The molecule has 0 saturated carbocycles. The van der Waals surface area contributed by atoms with Crippen LogP contribution >= 0.6 is 35.1 Å². The second-order valence-corrected chi connectivity index (χ2v) is 7.05. The summed E-state index contributed by atoms with van der Waals surface area (Å²) in [6, 6.07) is 9.53. The van der Waals surface area contributed by atoms with Gasteiger partial charge in [-0.1, -0.05) is 35.1 Å². The lowest BCUT2D eigenvalue weighted by Gasteiger charge is -2.04. The SMILES string of the molecule is N#CC(=C1Sc2nc(C#N)c(C#N)nc2S1)c1cc(Cl)ccc1F. The number of fused-ring (bicyclic) bond motifs is 1. The van der Waals surface area contributed by atoms with Gasteiger partial charge in [0.05, 0.1) is 9.81 Å². The second kappa shape index (κ2) is 6.51. The molecule has 0 unspecified atom stereocenters. The van der Waals surface area contributed by atoms with Crippen molar-refractivity contribution in [3.05, 3.63) is 50.2 Å². The minimum atomic E-state index is -0.572. The summed E-state index contributed by atoms with van der Waals surface area (Å²) >= 11 is 8.09. The van der Waals surface area contributed by atoms with E-state index in [1.165, 1.54) is 18.2 Å². The summed E-state index contributed by atoms with van der Waals surface area (Å²) < 4.78 is 14.5. The highest BCUT2D eigenvalue weighted by molar-refractivity contribution is 8.24. The average Bonchev–Trinajstić information content (AvgIpc) is 2.99. The van der Waals surface area contributed by atoms with Crippen LogP contribution in [-0.4, -0.2) is 9.97 Å². The maximum atomic E-state index is 14.0. The summed E-state index contributed by atoms with van der Waals surface area (Å²) in [5.41, 5.74) is 0.00622. The van der Waals surface area contributed by atoms with Gasteiger partial charge >= 0.3 is 0 Å². The summed E-state index contributed by atoms with van der Waals surface area (Å²) in [4.78, 5) is 8.15.